The average Bonchev–Trinajstić information content (AvgIpc) is 3.22. The Balaban J connectivity index is 1.29. The molecule has 2 atom stereocenters. The molecule has 7 nitrogen and oxygen atoms in total. The molecular weight excluding hydrogens is 368 g/mol. The number of rotatable bonds is 3. The lowest BCUT2D eigenvalue weighted by molar-refractivity contribution is -0.0367. The van der Waals surface area contributed by atoms with Gasteiger partial charge in [0, 0.05) is 44.3 Å². The zero-order valence-corrected chi connectivity index (χ0v) is 17.1. The zero-order valence-electron chi connectivity index (χ0n) is 17.1. The summed E-state index contributed by atoms with van der Waals surface area (Å²) < 4.78 is 1.85. The van der Waals surface area contributed by atoms with E-state index in [1.54, 1.807) is 11.0 Å². The second-order valence-electron chi connectivity index (χ2n) is 9.54. The number of hydrogen-bond acceptors (Lipinski definition) is 5. The molecule has 3 fully saturated rings. The first-order valence-electron chi connectivity index (χ1n) is 11.2. The lowest BCUT2D eigenvalue weighted by atomic mass is 9.84. The van der Waals surface area contributed by atoms with Crippen molar-refractivity contribution in [1.82, 2.24) is 19.7 Å². The third-order valence-corrected chi connectivity index (χ3v) is 7.44. The van der Waals surface area contributed by atoms with Gasteiger partial charge < -0.3 is 24.8 Å². The summed E-state index contributed by atoms with van der Waals surface area (Å²) in [5, 5.41) is 14.4. The van der Waals surface area contributed by atoms with Crippen molar-refractivity contribution >= 4 is 5.91 Å². The minimum Gasteiger partial charge on any atom is -0.388 e. The molecule has 4 aliphatic rings. The lowest BCUT2D eigenvalue weighted by Gasteiger charge is -2.40. The maximum atomic E-state index is 13.1. The molecule has 1 amide bonds. The molecule has 3 saturated heterocycles. The number of amides is 1. The van der Waals surface area contributed by atoms with E-state index in [-0.39, 0.29) is 17.0 Å². The van der Waals surface area contributed by atoms with Crippen LogP contribution in [0.2, 0.25) is 0 Å². The van der Waals surface area contributed by atoms with Crippen LogP contribution in [-0.4, -0.2) is 76.8 Å². The first-order valence-corrected chi connectivity index (χ1v) is 11.2. The Bertz CT molecular complexity index is 837. The molecule has 0 unspecified atom stereocenters. The highest BCUT2D eigenvalue weighted by Crippen LogP contribution is 2.32. The standard InChI is InChI=1S/C22H32N4O3/c27-20(25-9-5-22(29,6-10-25)15-24-7-1-2-8-24)18-3-4-19-17-11-16(12-23-13-17)14-26(19)21(18)28/h3-4,16-17,23,29H,1-2,5-15H2/t16-,17+/m0/s1. The SMILES string of the molecule is O=C(c1ccc2n(c1=O)C[C@@H]1CNC[C@H]2C1)N1CCC(O)(CN2CCCC2)CC1. The van der Waals surface area contributed by atoms with Crippen molar-refractivity contribution < 1.29 is 9.90 Å². The molecule has 4 aliphatic heterocycles. The van der Waals surface area contributed by atoms with Crippen molar-refractivity contribution in [3.05, 3.63) is 33.7 Å². The number of nitrogens with zero attached hydrogens (tertiary/aromatic N) is 3. The van der Waals surface area contributed by atoms with Gasteiger partial charge in [0.25, 0.3) is 11.5 Å². The van der Waals surface area contributed by atoms with Crippen molar-refractivity contribution in [1.29, 1.82) is 0 Å². The molecule has 1 aromatic rings. The van der Waals surface area contributed by atoms with E-state index >= 15 is 0 Å². The van der Waals surface area contributed by atoms with Crippen molar-refractivity contribution in [2.45, 2.75) is 50.2 Å². The van der Waals surface area contributed by atoms with Crippen LogP contribution in [0.1, 0.15) is 54.1 Å². The number of aliphatic hydroxyl groups is 1. The molecule has 0 aromatic carbocycles. The van der Waals surface area contributed by atoms with Gasteiger partial charge >= 0.3 is 0 Å². The molecule has 0 saturated carbocycles. The van der Waals surface area contributed by atoms with E-state index in [0.29, 0.717) is 50.9 Å². The van der Waals surface area contributed by atoms with Crippen LogP contribution < -0.4 is 10.9 Å². The minimum atomic E-state index is -0.712. The van der Waals surface area contributed by atoms with E-state index in [1.165, 1.54) is 12.8 Å². The van der Waals surface area contributed by atoms with Crippen LogP contribution >= 0.6 is 0 Å². The molecule has 7 heteroatoms. The molecule has 5 rings (SSSR count). The highest BCUT2D eigenvalue weighted by Gasteiger charge is 2.37. The van der Waals surface area contributed by atoms with Gasteiger partial charge in [0.2, 0.25) is 0 Å². The lowest BCUT2D eigenvalue weighted by Crippen LogP contribution is -2.52. The second-order valence-corrected chi connectivity index (χ2v) is 9.54. The summed E-state index contributed by atoms with van der Waals surface area (Å²) in [4.78, 5) is 30.3. The third kappa shape index (κ3) is 3.64. The number of fused-ring (bicyclic) bond motifs is 4. The highest BCUT2D eigenvalue weighted by molar-refractivity contribution is 5.94. The van der Waals surface area contributed by atoms with Crippen molar-refractivity contribution in [3.8, 4) is 0 Å². The predicted octanol–water partition coefficient (Wildman–Crippen LogP) is 0.618. The quantitative estimate of drug-likeness (QED) is 0.778. The molecular formula is C22H32N4O3. The fraction of sp³-hybridized carbons (Fsp3) is 0.727. The van der Waals surface area contributed by atoms with Gasteiger partial charge in [0.05, 0.1) is 5.60 Å². The topological polar surface area (TPSA) is 77.8 Å². The largest absolute Gasteiger partial charge is 0.388 e. The number of likely N-dealkylation sites (tertiary alicyclic amines) is 2. The number of carbonyl (C=O) groups is 1. The van der Waals surface area contributed by atoms with Crippen LogP contribution in [0.15, 0.2) is 16.9 Å². The summed E-state index contributed by atoms with van der Waals surface area (Å²) in [5.74, 6) is 0.664. The van der Waals surface area contributed by atoms with E-state index in [9.17, 15) is 14.7 Å². The number of piperidine rings is 2. The summed E-state index contributed by atoms with van der Waals surface area (Å²) in [7, 11) is 0. The smallest absolute Gasteiger partial charge is 0.263 e. The fourth-order valence-corrected chi connectivity index (χ4v) is 5.76. The van der Waals surface area contributed by atoms with Gasteiger partial charge in [-0.3, -0.25) is 9.59 Å². The molecule has 0 aliphatic carbocycles. The molecule has 29 heavy (non-hydrogen) atoms. The Morgan fingerprint density at radius 3 is 2.66 bits per heavy atom. The number of nitrogens with one attached hydrogen (secondary N) is 1. The van der Waals surface area contributed by atoms with Gasteiger partial charge in [0.15, 0.2) is 0 Å². The minimum absolute atomic E-state index is 0.137. The van der Waals surface area contributed by atoms with E-state index in [0.717, 1.165) is 38.3 Å². The van der Waals surface area contributed by atoms with Gasteiger partial charge in [-0.1, -0.05) is 0 Å². The molecule has 0 radical (unpaired) electrons. The Hall–Kier alpha value is -1.70. The van der Waals surface area contributed by atoms with Crippen LogP contribution in [-0.2, 0) is 6.54 Å². The van der Waals surface area contributed by atoms with Crippen LogP contribution in [0.4, 0.5) is 0 Å². The number of β-amino-alcohol motifs (C(OH)–C–C–N with tert-alkyl or cyclic N) is 1. The van der Waals surface area contributed by atoms with Crippen molar-refractivity contribution in [3.63, 3.8) is 0 Å². The van der Waals surface area contributed by atoms with Crippen molar-refractivity contribution in [2.24, 2.45) is 5.92 Å². The van der Waals surface area contributed by atoms with E-state index in [4.69, 9.17) is 0 Å². The van der Waals surface area contributed by atoms with Gasteiger partial charge in [-0.25, -0.2) is 0 Å². The van der Waals surface area contributed by atoms with E-state index < -0.39 is 5.60 Å². The molecule has 158 valence electrons. The monoisotopic (exact) mass is 400 g/mol. The van der Waals surface area contributed by atoms with Gasteiger partial charge in [-0.2, -0.15) is 0 Å². The van der Waals surface area contributed by atoms with Crippen LogP contribution in [0.25, 0.3) is 0 Å². The second kappa shape index (κ2) is 7.52. The fourth-order valence-electron chi connectivity index (χ4n) is 5.76. The van der Waals surface area contributed by atoms with Gasteiger partial charge in [-0.15, -0.1) is 0 Å². The first kappa shape index (κ1) is 19.3. The number of hydrogen-bond donors (Lipinski definition) is 2. The van der Waals surface area contributed by atoms with E-state index in [1.807, 2.05) is 10.6 Å². The Morgan fingerprint density at radius 2 is 1.90 bits per heavy atom. The Kier molecular flexibility index (Phi) is 5.00. The molecule has 1 aromatic heterocycles. The summed E-state index contributed by atoms with van der Waals surface area (Å²) in [6.45, 7) is 6.41. The predicted molar refractivity (Wildman–Crippen MR) is 110 cm³/mol. The summed E-state index contributed by atoms with van der Waals surface area (Å²) in [6.07, 6.45) is 4.71. The van der Waals surface area contributed by atoms with E-state index in [2.05, 4.69) is 10.2 Å². The Morgan fingerprint density at radius 1 is 1.14 bits per heavy atom. The average molecular weight is 401 g/mol. The molecule has 2 bridgehead atoms. The first-order chi connectivity index (χ1) is 14.0. The highest BCUT2D eigenvalue weighted by atomic mass is 16.3. The number of carbonyl (C=O) groups excluding carboxylic acids is 1. The summed E-state index contributed by atoms with van der Waals surface area (Å²) >= 11 is 0. The van der Waals surface area contributed by atoms with Crippen LogP contribution in [0.5, 0.6) is 0 Å². The molecule has 5 heterocycles. The molecule has 0 spiro atoms. The van der Waals surface area contributed by atoms with Crippen molar-refractivity contribution in [2.75, 3.05) is 45.8 Å². The van der Waals surface area contributed by atoms with Gasteiger partial charge in [-0.05, 0) is 69.8 Å². The number of pyridine rings is 1. The number of aromatic nitrogens is 1. The van der Waals surface area contributed by atoms with Crippen LogP contribution in [0, 0.1) is 5.92 Å². The van der Waals surface area contributed by atoms with Gasteiger partial charge in [0.1, 0.15) is 5.56 Å². The Labute approximate surface area is 171 Å². The zero-order chi connectivity index (χ0) is 20.0. The van der Waals surface area contributed by atoms with Crippen LogP contribution in [0.3, 0.4) is 0 Å². The summed E-state index contributed by atoms with van der Waals surface area (Å²) in [5.41, 5.74) is 0.499. The normalized spacial score (nSPS) is 28.9. The maximum absolute atomic E-state index is 13.1. The summed E-state index contributed by atoms with van der Waals surface area (Å²) in [6, 6.07) is 3.71. The third-order valence-electron chi connectivity index (χ3n) is 7.44. The maximum Gasteiger partial charge on any atom is 0.263 e. The molecule has 2 N–H and O–H groups in total.